The molecule has 3 heteroatoms. The van der Waals surface area contributed by atoms with Gasteiger partial charge in [0.15, 0.2) is 0 Å². The molecule has 1 spiro atoms. The van der Waals surface area contributed by atoms with E-state index in [1.807, 2.05) is 11.8 Å². The van der Waals surface area contributed by atoms with Gasteiger partial charge in [0, 0.05) is 48.6 Å². The normalized spacial score (nSPS) is 18.7. The highest BCUT2D eigenvalue weighted by Crippen LogP contribution is 2.70. The summed E-state index contributed by atoms with van der Waals surface area (Å²) in [6.07, 6.45) is 9.45. The van der Waals surface area contributed by atoms with Gasteiger partial charge < -0.3 is 4.90 Å². The summed E-state index contributed by atoms with van der Waals surface area (Å²) < 4.78 is 0. The van der Waals surface area contributed by atoms with Crippen LogP contribution in [0.5, 0.6) is 0 Å². The highest BCUT2D eigenvalue weighted by atomic mass is 35.5. The van der Waals surface area contributed by atoms with Crippen LogP contribution in [0.1, 0.15) is 60.1 Å². The van der Waals surface area contributed by atoms with Gasteiger partial charge in [0.05, 0.1) is 5.41 Å². The maximum atomic E-state index is 6.82. The van der Waals surface area contributed by atoms with Crippen molar-refractivity contribution in [2.45, 2.75) is 47.3 Å². The van der Waals surface area contributed by atoms with E-state index in [-0.39, 0.29) is 16.7 Å². The molecule has 0 aromatic heterocycles. The van der Waals surface area contributed by atoms with Crippen molar-refractivity contribution < 1.29 is 0 Å². The first-order chi connectivity index (χ1) is 34.2. The number of allylic oxidation sites excluding steroid dienone is 4. The van der Waals surface area contributed by atoms with Crippen LogP contribution in [0.15, 0.2) is 252 Å². The van der Waals surface area contributed by atoms with Crippen LogP contribution in [0, 0.1) is 5.41 Å². The molecular formula is C67H50ClNS. The Morgan fingerprint density at radius 1 is 0.457 bits per heavy atom. The molecule has 336 valence electrons. The average Bonchev–Trinajstić information content (AvgIpc) is 3.63. The summed E-state index contributed by atoms with van der Waals surface area (Å²) in [4.78, 5) is 5.02. The van der Waals surface area contributed by atoms with Gasteiger partial charge in [0.25, 0.3) is 0 Å². The minimum atomic E-state index is -0.459. The zero-order chi connectivity index (χ0) is 47.2. The number of nitrogens with zero attached hydrogens (tertiary/aromatic N) is 1. The van der Waals surface area contributed by atoms with Gasteiger partial charge in [-0.15, -0.1) is 0 Å². The second-order valence-corrected chi connectivity index (χ2v) is 21.6. The lowest BCUT2D eigenvalue weighted by Gasteiger charge is -2.50. The van der Waals surface area contributed by atoms with Crippen molar-refractivity contribution >= 4 is 62.0 Å². The number of anilines is 3. The van der Waals surface area contributed by atoms with Crippen LogP contribution in [0.3, 0.4) is 0 Å². The molecule has 1 nitrogen and oxygen atoms in total. The Morgan fingerprint density at radius 2 is 1.11 bits per heavy atom. The molecule has 1 heterocycles. The highest BCUT2D eigenvalue weighted by Gasteiger charge is 2.62. The lowest BCUT2D eigenvalue weighted by molar-refractivity contribution is 0.281. The molecule has 0 bridgehead atoms. The maximum Gasteiger partial charge on any atom is 0.0573 e. The van der Waals surface area contributed by atoms with Crippen LogP contribution in [-0.4, -0.2) is 0 Å². The van der Waals surface area contributed by atoms with Crippen LogP contribution < -0.4 is 4.90 Å². The minimum absolute atomic E-state index is 0.107. The second kappa shape index (κ2) is 16.4. The fraction of sp³-hybridized carbons (Fsp3) is 0.104. The number of halogens is 1. The first-order valence-corrected chi connectivity index (χ1v) is 25.6. The highest BCUT2D eigenvalue weighted by molar-refractivity contribution is 7.99. The zero-order valence-corrected chi connectivity index (χ0v) is 41.0. The van der Waals surface area contributed by atoms with Crippen molar-refractivity contribution in [3.8, 4) is 22.3 Å². The third-order valence-corrected chi connectivity index (χ3v) is 17.2. The van der Waals surface area contributed by atoms with E-state index >= 15 is 0 Å². The molecule has 10 aromatic carbocycles. The molecule has 1 aliphatic heterocycles. The van der Waals surface area contributed by atoms with E-state index in [9.17, 15) is 0 Å². The number of hydrogen-bond donors (Lipinski definition) is 0. The molecule has 10 aromatic rings. The van der Waals surface area contributed by atoms with Crippen molar-refractivity contribution in [1.82, 2.24) is 0 Å². The van der Waals surface area contributed by atoms with Crippen LogP contribution in [0.25, 0.3) is 43.8 Å². The smallest absolute Gasteiger partial charge is 0.0573 e. The van der Waals surface area contributed by atoms with Gasteiger partial charge in [0.2, 0.25) is 0 Å². The molecule has 3 atom stereocenters. The molecule has 0 fully saturated rings. The summed E-state index contributed by atoms with van der Waals surface area (Å²) in [7, 11) is 0. The molecule has 0 amide bonds. The molecule has 3 aliphatic rings. The van der Waals surface area contributed by atoms with Gasteiger partial charge in [-0.05, 0) is 144 Å². The van der Waals surface area contributed by atoms with Crippen molar-refractivity contribution in [3.05, 3.63) is 281 Å². The van der Waals surface area contributed by atoms with Gasteiger partial charge in [-0.1, -0.05) is 220 Å². The van der Waals surface area contributed by atoms with Gasteiger partial charge in [-0.3, -0.25) is 0 Å². The Hall–Kier alpha value is -7.36. The van der Waals surface area contributed by atoms with Crippen LogP contribution >= 0.6 is 23.4 Å². The molecule has 70 heavy (non-hydrogen) atoms. The van der Waals surface area contributed by atoms with Crippen LogP contribution in [0.4, 0.5) is 17.1 Å². The SMILES string of the molecule is CC(C)(c1cccc(N(c2cc(-c3ccccc3)cc(-c3ccc4ccccc4c3)c2)c2ccc3c(c2)C2C=CC=CC2(C)C32c3ccccc3Sc3cc(Cl)ccc32)c1)c1ccc2ccccc2c1. The topological polar surface area (TPSA) is 3.24 Å². The summed E-state index contributed by atoms with van der Waals surface area (Å²) in [6, 6.07) is 81.4. The Kier molecular flexibility index (Phi) is 10.00. The summed E-state index contributed by atoms with van der Waals surface area (Å²) in [5.41, 5.74) is 14.8. The zero-order valence-electron chi connectivity index (χ0n) is 39.4. The van der Waals surface area contributed by atoms with E-state index in [2.05, 4.69) is 268 Å². The summed E-state index contributed by atoms with van der Waals surface area (Å²) in [5.74, 6) is 0.107. The molecule has 0 saturated carbocycles. The predicted molar refractivity (Wildman–Crippen MR) is 297 cm³/mol. The van der Waals surface area contributed by atoms with Crippen molar-refractivity contribution in [1.29, 1.82) is 0 Å². The molecule has 3 unspecified atom stereocenters. The van der Waals surface area contributed by atoms with E-state index in [1.54, 1.807) is 0 Å². The van der Waals surface area contributed by atoms with Crippen LogP contribution in [-0.2, 0) is 10.8 Å². The lowest BCUT2D eigenvalue weighted by atomic mass is 9.54. The van der Waals surface area contributed by atoms with E-state index in [0.29, 0.717) is 0 Å². The molecular weight excluding hydrogens is 886 g/mol. The van der Waals surface area contributed by atoms with Gasteiger partial charge >= 0.3 is 0 Å². The first-order valence-electron chi connectivity index (χ1n) is 24.4. The standard InChI is InChI=1S/C67H50ClNS/c1-65(2,53-30-29-46-19-8-10-21-48(46)38-53)52-22-15-23-55(41-52)69(57-39-50(44-16-5-4-6-17-44)37-51(40-57)49-28-27-45-18-7-9-20-47(45)36-49)56-32-34-60-58(43-56)59-24-13-14-35-66(59,3)67(60)61-25-11-12-26-63(61)70-64-42-54(68)31-33-62(64)67/h4-43,59H,1-3H3. The third-order valence-electron chi connectivity index (χ3n) is 15.9. The maximum absolute atomic E-state index is 6.82. The second-order valence-electron chi connectivity index (χ2n) is 20.0. The molecule has 0 N–H and O–H groups in total. The van der Waals surface area contributed by atoms with Crippen LogP contribution in [0.2, 0.25) is 5.02 Å². The monoisotopic (exact) mass is 935 g/mol. The van der Waals surface area contributed by atoms with Gasteiger partial charge in [-0.25, -0.2) is 0 Å². The average molecular weight is 937 g/mol. The van der Waals surface area contributed by atoms with E-state index in [1.165, 1.54) is 87.0 Å². The van der Waals surface area contributed by atoms with Gasteiger partial charge in [0.1, 0.15) is 0 Å². The van der Waals surface area contributed by atoms with E-state index in [4.69, 9.17) is 11.6 Å². The fourth-order valence-corrected chi connectivity index (χ4v) is 13.8. The minimum Gasteiger partial charge on any atom is -0.310 e. The molecule has 2 aliphatic carbocycles. The quantitative estimate of drug-likeness (QED) is 0.157. The number of fused-ring (bicyclic) bond motifs is 11. The Bertz CT molecular complexity index is 3790. The van der Waals surface area contributed by atoms with E-state index < -0.39 is 5.41 Å². The first kappa shape index (κ1) is 42.7. The summed E-state index contributed by atoms with van der Waals surface area (Å²) >= 11 is 8.66. The van der Waals surface area contributed by atoms with E-state index in [0.717, 1.165) is 22.1 Å². The van der Waals surface area contributed by atoms with Crippen molar-refractivity contribution in [2.75, 3.05) is 4.90 Å². The fourth-order valence-electron chi connectivity index (χ4n) is 12.3. The number of benzene rings is 10. The largest absolute Gasteiger partial charge is 0.310 e. The number of rotatable bonds is 7. The summed E-state index contributed by atoms with van der Waals surface area (Å²) in [5, 5.41) is 5.73. The predicted octanol–water partition coefficient (Wildman–Crippen LogP) is 18.8. The van der Waals surface area contributed by atoms with Gasteiger partial charge in [-0.2, -0.15) is 0 Å². The third kappa shape index (κ3) is 6.61. The Labute approximate surface area is 420 Å². The molecule has 13 rings (SSSR count). The molecule has 0 radical (unpaired) electrons. The lowest BCUT2D eigenvalue weighted by Crippen LogP contribution is -2.45. The Balaban J connectivity index is 1.06. The van der Waals surface area contributed by atoms with Crippen molar-refractivity contribution in [3.63, 3.8) is 0 Å². The summed E-state index contributed by atoms with van der Waals surface area (Å²) in [6.45, 7) is 7.20. The number of hydrogen-bond acceptors (Lipinski definition) is 2. The Morgan fingerprint density at radius 3 is 1.93 bits per heavy atom. The molecule has 0 saturated heterocycles. The van der Waals surface area contributed by atoms with Crippen molar-refractivity contribution in [2.24, 2.45) is 5.41 Å².